The van der Waals surface area contributed by atoms with Crippen LogP contribution in [0, 0.1) is 0 Å². The third-order valence-electron chi connectivity index (χ3n) is 4.20. The van der Waals surface area contributed by atoms with Crippen LogP contribution >= 0.6 is 0 Å². The van der Waals surface area contributed by atoms with Gasteiger partial charge in [-0.05, 0) is 51.9 Å². The Labute approximate surface area is 125 Å². The Bertz CT molecular complexity index is 550. The first-order valence-corrected chi connectivity index (χ1v) is 7.54. The summed E-state index contributed by atoms with van der Waals surface area (Å²) in [5.74, 6) is 0.694. The summed E-state index contributed by atoms with van der Waals surface area (Å²) in [5, 5.41) is 9.62. The lowest BCUT2D eigenvalue weighted by Crippen LogP contribution is -2.54. The van der Waals surface area contributed by atoms with E-state index in [1.54, 1.807) is 36.9 Å². The van der Waals surface area contributed by atoms with E-state index in [9.17, 15) is 9.90 Å². The molecule has 0 unspecified atom stereocenters. The summed E-state index contributed by atoms with van der Waals surface area (Å²) in [7, 11) is 0. The van der Waals surface area contributed by atoms with Crippen LogP contribution in [-0.2, 0) is 4.79 Å². The van der Waals surface area contributed by atoms with Crippen molar-refractivity contribution in [1.82, 2.24) is 4.90 Å². The molecule has 1 saturated heterocycles. The smallest absolute Gasteiger partial charge is 0.270 e. The Morgan fingerprint density at radius 3 is 2.67 bits per heavy atom. The zero-order valence-electron chi connectivity index (χ0n) is 12.6. The molecule has 21 heavy (non-hydrogen) atoms. The fraction of sp³-hybridized carbons (Fsp3) is 0.562. The van der Waals surface area contributed by atoms with Crippen molar-refractivity contribution in [2.24, 2.45) is 0 Å². The van der Waals surface area contributed by atoms with Crippen LogP contribution in [0.5, 0.6) is 11.5 Å². The van der Waals surface area contributed by atoms with Crippen molar-refractivity contribution in [3.8, 4) is 11.5 Å². The summed E-state index contributed by atoms with van der Waals surface area (Å²) in [5.41, 5.74) is -0.150. The molecule has 0 atom stereocenters. The highest BCUT2D eigenvalue weighted by atomic mass is 16.5. The van der Waals surface area contributed by atoms with E-state index in [0.717, 1.165) is 25.3 Å². The number of likely N-dealkylation sites (tertiary alicyclic amines) is 1. The number of hydrogen-bond donors (Lipinski definition) is 1. The Kier molecular flexibility index (Phi) is 3.53. The Morgan fingerprint density at radius 2 is 1.95 bits per heavy atom. The van der Waals surface area contributed by atoms with E-state index in [4.69, 9.17) is 4.74 Å². The van der Waals surface area contributed by atoms with Gasteiger partial charge in [-0.25, -0.2) is 0 Å². The molecule has 0 saturated carbocycles. The second kappa shape index (κ2) is 5.22. The van der Waals surface area contributed by atoms with Crippen molar-refractivity contribution in [3.05, 3.63) is 18.2 Å². The quantitative estimate of drug-likeness (QED) is 0.925. The molecule has 5 nitrogen and oxygen atoms in total. The van der Waals surface area contributed by atoms with Gasteiger partial charge in [0.05, 0.1) is 5.69 Å². The maximum absolute atomic E-state index is 12.6. The minimum Gasteiger partial charge on any atom is -0.508 e. The molecule has 114 valence electrons. The normalized spacial score (nSPS) is 21.2. The van der Waals surface area contributed by atoms with Gasteiger partial charge in [-0.1, -0.05) is 0 Å². The van der Waals surface area contributed by atoms with Gasteiger partial charge in [-0.2, -0.15) is 0 Å². The molecule has 0 spiro atoms. The average Bonchev–Trinajstić information content (AvgIpc) is 2.92. The van der Waals surface area contributed by atoms with Crippen LogP contribution in [-0.4, -0.2) is 47.7 Å². The molecule has 5 heteroatoms. The van der Waals surface area contributed by atoms with E-state index in [1.807, 2.05) is 0 Å². The summed E-state index contributed by atoms with van der Waals surface area (Å²) in [6.07, 6.45) is 2.49. The van der Waals surface area contributed by atoms with E-state index >= 15 is 0 Å². The minimum atomic E-state index is -0.897. The van der Waals surface area contributed by atoms with Gasteiger partial charge in [0.15, 0.2) is 5.60 Å². The first-order valence-electron chi connectivity index (χ1n) is 7.54. The molecule has 1 N–H and O–H groups in total. The van der Waals surface area contributed by atoms with E-state index < -0.39 is 5.60 Å². The zero-order chi connectivity index (χ0) is 15.0. The van der Waals surface area contributed by atoms with Crippen LogP contribution in [0.25, 0.3) is 0 Å². The maximum Gasteiger partial charge on any atom is 0.270 e. The highest BCUT2D eigenvalue weighted by molar-refractivity contribution is 6.02. The molecule has 2 aliphatic rings. The molecule has 3 rings (SSSR count). The van der Waals surface area contributed by atoms with Crippen LogP contribution in [0.1, 0.15) is 26.7 Å². The van der Waals surface area contributed by atoms with Gasteiger partial charge in [0, 0.05) is 19.2 Å². The molecular formula is C16H22N2O3. The highest BCUT2D eigenvalue weighted by Gasteiger charge is 2.40. The molecule has 2 aliphatic heterocycles. The highest BCUT2D eigenvalue weighted by Crippen LogP contribution is 2.39. The van der Waals surface area contributed by atoms with Gasteiger partial charge in [0.2, 0.25) is 0 Å². The number of fused-ring (bicyclic) bond motifs is 1. The minimum absolute atomic E-state index is 0.0279. The fourth-order valence-electron chi connectivity index (χ4n) is 3.03. The predicted molar refractivity (Wildman–Crippen MR) is 80.8 cm³/mol. The van der Waals surface area contributed by atoms with Gasteiger partial charge in [0.1, 0.15) is 11.5 Å². The topological polar surface area (TPSA) is 53.0 Å². The van der Waals surface area contributed by atoms with Crippen molar-refractivity contribution in [2.45, 2.75) is 32.3 Å². The zero-order valence-corrected chi connectivity index (χ0v) is 12.6. The number of rotatable bonds is 3. The summed E-state index contributed by atoms with van der Waals surface area (Å²) in [6.45, 7) is 7.30. The lowest BCUT2D eigenvalue weighted by molar-refractivity contribution is -0.132. The fourth-order valence-corrected chi connectivity index (χ4v) is 3.03. The Morgan fingerprint density at radius 1 is 1.24 bits per heavy atom. The van der Waals surface area contributed by atoms with Gasteiger partial charge in [-0.15, -0.1) is 0 Å². The summed E-state index contributed by atoms with van der Waals surface area (Å²) < 4.78 is 5.75. The molecule has 0 radical (unpaired) electrons. The monoisotopic (exact) mass is 290 g/mol. The summed E-state index contributed by atoms with van der Waals surface area (Å²) in [6, 6.07) is 4.92. The standard InChI is InChI=1S/C16H22N2O3/c1-16(2)15(20)18(10-9-17-7-3-4-8-17)13-6-5-12(19)11-14(13)21-16/h5-6,11,19H,3-4,7-10H2,1-2H3. The first kappa shape index (κ1) is 14.2. The van der Waals surface area contributed by atoms with Gasteiger partial charge >= 0.3 is 0 Å². The maximum atomic E-state index is 12.6. The van der Waals surface area contributed by atoms with Crippen molar-refractivity contribution in [2.75, 3.05) is 31.1 Å². The van der Waals surface area contributed by atoms with Crippen LogP contribution in [0.2, 0.25) is 0 Å². The van der Waals surface area contributed by atoms with Crippen LogP contribution in [0.15, 0.2) is 18.2 Å². The van der Waals surface area contributed by atoms with Crippen molar-refractivity contribution in [1.29, 1.82) is 0 Å². The molecule has 1 fully saturated rings. The van der Waals surface area contributed by atoms with E-state index in [0.29, 0.717) is 12.3 Å². The van der Waals surface area contributed by atoms with E-state index in [1.165, 1.54) is 12.8 Å². The number of nitrogens with zero attached hydrogens (tertiary/aromatic N) is 2. The number of hydrogen-bond acceptors (Lipinski definition) is 4. The molecule has 1 aromatic carbocycles. The van der Waals surface area contributed by atoms with Crippen LogP contribution in [0.3, 0.4) is 0 Å². The van der Waals surface area contributed by atoms with Gasteiger partial charge < -0.3 is 19.6 Å². The number of amides is 1. The molecule has 0 aliphatic carbocycles. The number of phenolic OH excluding ortho intramolecular Hbond substituents is 1. The third-order valence-corrected chi connectivity index (χ3v) is 4.20. The van der Waals surface area contributed by atoms with E-state index in [2.05, 4.69) is 4.90 Å². The SMILES string of the molecule is CC1(C)Oc2cc(O)ccc2N(CCN2CCCC2)C1=O. The lowest BCUT2D eigenvalue weighted by Gasteiger charge is -2.39. The molecule has 1 amide bonds. The summed E-state index contributed by atoms with van der Waals surface area (Å²) in [4.78, 5) is 16.8. The molecule has 0 bridgehead atoms. The molecule has 0 aromatic heterocycles. The second-order valence-corrected chi connectivity index (χ2v) is 6.27. The molecule has 1 aromatic rings. The van der Waals surface area contributed by atoms with Gasteiger partial charge in [-0.3, -0.25) is 4.79 Å². The van der Waals surface area contributed by atoms with Crippen molar-refractivity contribution < 1.29 is 14.6 Å². The van der Waals surface area contributed by atoms with Gasteiger partial charge in [0.25, 0.3) is 5.91 Å². The predicted octanol–water partition coefficient (Wildman–Crippen LogP) is 1.99. The number of anilines is 1. The average molecular weight is 290 g/mol. The Balaban J connectivity index is 1.84. The third kappa shape index (κ3) is 2.70. The number of benzene rings is 1. The molecule has 2 heterocycles. The summed E-state index contributed by atoms with van der Waals surface area (Å²) >= 11 is 0. The van der Waals surface area contributed by atoms with Crippen LogP contribution < -0.4 is 9.64 Å². The number of phenols is 1. The van der Waals surface area contributed by atoms with E-state index in [-0.39, 0.29) is 11.7 Å². The largest absolute Gasteiger partial charge is 0.508 e. The number of carbonyl (C=O) groups is 1. The van der Waals surface area contributed by atoms with Crippen molar-refractivity contribution >= 4 is 11.6 Å². The lowest BCUT2D eigenvalue weighted by atomic mass is 10.0. The first-order chi connectivity index (χ1) is 9.97. The number of carbonyl (C=O) groups excluding carboxylic acids is 1. The second-order valence-electron chi connectivity index (χ2n) is 6.27. The van der Waals surface area contributed by atoms with Crippen LogP contribution in [0.4, 0.5) is 5.69 Å². The van der Waals surface area contributed by atoms with Crippen molar-refractivity contribution in [3.63, 3.8) is 0 Å². The number of ether oxygens (including phenoxy) is 1. The number of aromatic hydroxyl groups is 1. The Hall–Kier alpha value is -1.75. The molecular weight excluding hydrogens is 268 g/mol.